The number of benzene rings is 2. The Balaban J connectivity index is 1.84. The van der Waals surface area contributed by atoms with Gasteiger partial charge in [0.1, 0.15) is 17.4 Å². The fourth-order valence-electron chi connectivity index (χ4n) is 2.32. The number of hydrogen-bond donors (Lipinski definition) is 1. The van der Waals surface area contributed by atoms with Gasteiger partial charge in [-0.25, -0.2) is 4.79 Å². The van der Waals surface area contributed by atoms with Crippen LogP contribution in [0.15, 0.2) is 48.5 Å². The minimum atomic E-state index is -1.03. The maximum Gasteiger partial charge on any atom is 0.341 e. The highest BCUT2D eigenvalue weighted by atomic mass is 16.5. The van der Waals surface area contributed by atoms with E-state index < -0.39 is 18.5 Å². The van der Waals surface area contributed by atoms with E-state index in [1.807, 2.05) is 18.2 Å². The molecule has 1 aliphatic rings. The Morgan fingerprint density at radius 2 is 1.86 bits per heavy atom. The standard InChI is InChI=1S/C16H12O5/c17-14(18)9-20-11-7-5-10(6-8-11)15-12-3-1-2-4-13(12)21-16(15)19/h1-8,15H,9H2,(H,17,18). The van der Waals surface area contributed by atoms with E-state index in [0.29, 0.717) is 11.5 Å². The summed E-state index contributed by atoms with van der Waals surface area (Å²) in [5.74, 6) is -0.767. The molecule has 0 spiro atoms. The van der Waals surface area contributed by atoms with Crippen molar-refractivity contribution in [2.45, 2.75) is 5.92 Å². The van der Waals surface area contributed by atoms with Gasteiger partial charge in [-0.2, -0.15) is 0 Å². The van der Waals surface area contributed by atoms with Crippen LogP contribution >= 0.6 is 0 Å². The molecule has 2 aromatic rings. The van der Waals surface area contributed by atoms with E-state index in [2.05, 4.69) is 0 Å². The zero-order chi connectivity index (χ0) is 14.8. The summed E-state index contributed by atoms with van der Waals surface area (Å²) in [6.45, 7) is -0.395. The fraction of sp³-hybridized carbons (Fsp3) is 0.125. The van der Waals surface area contributed by atoms with Gasteiger partial charge < -0.3 is 14.6 Å². The molecule has 1 aliphatic heterocycles. The quantitative estimate of drug-likeness (QED) is 0.688. The number of carboxylic acid groups (broad SMARTS) is 1. The van der Waals surface area contributed by atoms with Gasteiger partial charge in [-0.05, 0) is 23.8 Å². The third-order valence-electron chi connectivity index (χ3n) is 3.25. The molecule has 1 atom stereocenters. The first kappa shape index (κ1) is 13.2. The van der Waals surface area contributed by atoms with Crippen molar-refractivity contribution in [1.29, 1.82) is 0 Å². The highest BCUT2D eigenvalue weighted by Gasteiger charge is 2.33. The molecule has 1 unspecified atom stereocenters. The molecular weight excluding hydrogens is 272 g/mol. The number of esters is 1. The summed E-state index contributed by atoms with van der Waals surface area (Å²) in [7, 11) is 0. The Morgan fingerprint density at radius 1 is 1.14 bits per heavy atom. The molecule has 0 saturated heterocycles. The van der Waals surface area contributed by atoms with E-state index in [0.717, 1.165) is 11.1 Å². The van der Waals surface area contributed by atoms with Crippen LogP contribution in [-0.2, 0) is 9.59 Å². The summed E-state index contributed by atoms with van der Waals surface area (Å²) in [6.07, 6.45) is 0. The summed E-state index contributed by atoms with van der Waals surface area (Å²) >= 11 is 0. The molecule has 0 bridgehead atoms. The van der Waals surface area contributed by atoms with Crippen molar-refractivity contribution in [1.82, 2.24) is 0 Å². The largest absolute Gasteiger partial charge is 0.482 e. The molecule has 3 rings (SSSR count). The predicted octanol–water partition coefficient (Wildman–Crippen LogP) is 2.20. The van der Waals surface area contributed by atoms with Gasteiger partial charge in [-0.15, -0.1) is 0 Å². The SMILES string of the molecule is O=C(O)COc1ccc(C2C(=O)Oc3ccccc32)cc1. The number of para-hydroxylation sites is 1. The molecule has 0 fully saturated rings. The van der Waals surface area contributed by atoms with E-state index >= 15 is 0 Å². The van der Waals surface area contributed by atoms with Crippen LogP contribution in [0, 0.1) is 0 Å². The zero-order valence-electron chi connectivity index (χ0n) is 11.0. The van der Waals surface area contributed by atoms with E-state index in [1.54, 1.807) is 30.3 Å². The van der Waals surface area contributed by atoms with Gasteiger partial charge in [-0.3, -0.25) is 4.79 Å². The van der Waals surface area contributed by atoms with Crippen molar-refractivity contribution >= 4 is 11.9 Å². The lowest BCUT2D eigenvalue weighted by molar-refractivity contribution is -0.139. The first-order valence-electron chi connectivity index (χ1n) is 6.40. The van der Waals surface area contributed by atoms with Gasteiger partial charge >= 0.3 is 11.9 Å². The lowest BCUT2D eigenvalue weighted by Crippen LogP contribution is -2.12. The molecule has 106 valence electrons. The van der Waals surface area contributed by atoms with Crippen LogP contribution in [0.3, 0.4) is 0 Å². The van der Waals surface area contributed by atoms with E-state index in [1.165, 1.54) is 0 Å². The molecule has 0 amide bonds. The number of ether oxygens (including phenoxy) is 2. The first-order chi connectivity index (χ1) is 10.1. The van der Waals surface area contributed by atoms with E-state index in [-0.39, 0.29) is 5.97 Å². The van der Waals surface area contributed by atoms with Crippen LogP contribution in [0.1, 0.15) is 17.0 Å². The Kier molecular flexibility index (Phi) is 3.31. The Morgan fingerprint density at radius 3 is 2.57 bits per heavy atom. The molecule has 5 nitrogen and oxygen atoms in total. The Bertz CT molecular complexity index is 690. The van der Waals surface area contributed by atoms with Crippen LogP contribution in [0.2, 0.25) is 0 Å². The Labute approximate surface area is 120 Å². The number of carbonyl (C=O) groups is 2. The summed E-state index contributed by atoms with van der Waals surface area (Å²) in [5.41, 5.74) is 1.62. The average molecular weight is 284 g/mol. The van der Waals surface area contributed by atoms with Crippen LogP contribution in [-0.4, -0.2) is 23.7 Å². The average Bonchev–Trinajstić information content (AvgIpc) is 2.81. The van der Waals surface area contributed by atoms with Gasteiger partial charge in [0.25, 0.3) is 0 Å². The van der Waals surface area contributed by atoms with Gasteiger partial charge in [0, 0.05) is 5.56 Å². The Hall–Kier alpha value is -2.82. The van der Waals surface area contributed by atoms with Crippen molar-refractivity contribution in [2.75, 3.05) is 6.61 Å². The molecular formula is C16H12O5. The second-order valence-electron chi connectivity index (χ2n) is 4.64. The molecule has 5 heteroatoms. The molecule has 1 heterocycles. The van der Waals surface area contributed by atoms with E-state index in [9.17, 15) is 9.59 Å². The van der Waals surface area contributed by atoms with Gasteiger partial charge in [-0.1, -0.05) is 30.3 Å². The number of fused-ring (bicyclic) bond motifs is 1. The monoisotopic (exact) mass is 284 g/mol. The maximum atomic E-state index is 12.0. The third kappa shape index (κ3) is 2.58. The fourth-order valence-corrected chi connectivity index (χ4v) is 2.32. The minimum Gasteiger partial charge on any atom is -0.482 e. The third-order valence-corrected chi connectivity index (χ3v) is 3.25. The minimum absolute atomic E-state index is 0.310. The second-order valence-corrected chi connectivity index (χ2v) is 4.64. The topological polar surface area (TPSA) is 72.8 Å². The van der Waals surface area contributed by atoms with Crippen LogP contribution in [0.5, 0.6) is 11.5 Å². The molecule has 21 heavy (non-hydrogen) atoms. The number of aliphatic carboxylic acids is 1. The van der Waals surface area contributed by atoms with Crippen molar-refractivity contribution in [3.8, 4) is 11.5 Å². The van der Waals surface area contributed by atoms with Crippen molar-refractivity contribution in [3.63, 3.8) is 0 Å². The second kappa shape index (κ2) is 5.28. The molecule has 0 aliphatic carbocycles. The van der Waals surface area contributed by atoms with Crippen LogP contribution < -0.4 is 9.47 Å². The molecule has 0 radical (unpaired) electrons. The van der Waals surface area contributed by atoms with Gasteiger partial charge in [0.15, 0.2) is 6.61 Å². The number of rotatable bonds is 4. The molecule has 0 aromatic heterocycles. The zero-order valence-corrected chi connectivity index (χ0v) is 11.0. The molecule has 0 saturated carbocycles. The molecule has 1 N–H and O–H groups in total. The van der Waals surface area contributed by atoms with Gasteiger partial charge in [0.05, 0.1) is 0 Å². The summed E-state index contributed by atoms with van der Waals surface area (Å²) < 4.78 is 10.3. The number of carboxylic acids is 1. The van der Waals surface area contributed by atoms with Crippen molar-refractivity contribution in [2.24, 2.45) is 0 Å². The normalized spacial score (nSPS) is 16.2. The first-order valence-corrected chi connectivity index (χ1v) is 6.40. The van der Waals surface area contributed by atoms with Gasteiger partial charge in [0.2, 0.25) is 0 Å². The predicted molar refractivity (Wildman–Crippen MR) is 73.5 cm³/mol. The highest BCUT2D eigenvalue weighted by Crippen LogP contribution is 2.39. The smallest absolute Gasteiger partial charge is 0.341 e. The number of hydrogen-bond acceptors (Lipinski definition) is 4. The maximum absolute atomic E-state index is 12.0. The van der Waals surface area contributed by atoms with Crippen molar-refractivity contribution in [3.05, 3.63) is 59.7 Å². The summed E-state index contributed by atoms with van der Waals surface area (Å²) in [6, 6.07) is 14.1. The van der Waals surface area contributed by atoms with Crippen LogP contribution in [0.4, 0.5) is 0 Å². The number of carbonyl (C=O) groups excluding carboxylic acids is 1. The van der Waals surface area contributed by atoms with E-state index in [4.69, 9.17) is 14.6 Å². The highest BCUT2D eigenvalue weighted by molar-refractivity contribution is 5.89. The lowest BCUT2D eigenvalue weighted by Gasteiger charge is -2.09. The summed E-state index contributed by atoms with van der Waals surface area (Å²) in [5, 5.41) is 8.56. The molecule has 2 aromatic carbocycles. The van der Waals surface area contributed by atoms with Crippen LogP contribution in [0.25, 0.3) is 0 Å². The van der Waals surface area contributed by atoms with Crippen molar-refractivity contribution < 1.29 is 24.2 Å². The summed E-state index contributed by atoms with van der Waals surface area (Å²) in [4.78, 5) is 22.4. The lowest BCUT2D eigenvalue weighted by atomic mass is 9.93.